The van der Waals surface area contributed by atoms with Gasteiger partial charge in [-0.1, -0.05) is 0 Å². The van der Waals surface area contributed by atoms with Gasteiger partial charge < -0.3 is 14.7 Å². The number of piperidine rings is 1. The first-order chi connectivity index (χ1) is 15.6. The molecule has 2 atom stereocenters. The number of carbonyl (C=O) groups excluding carboxylic acids is 1. The Balaban J connectivity index is 1.22. The molecule has 8 heteroatoms. The van der Waals surface area contributed by atoms with Crippen LogP contribution in [0.15, 0.2) is 30.7 Å². The molecular weight excluding hydrogens is 402 g/mol. The van der Waals surface area contributed by atoms with Gasteiger partial charge in [-0.2, -0.15) is 10.2 Å². The quantitative estimate of drug-likeness (QED) is 0.636. The summed E-state index contributed by atoms with van der Waals surface area (Å²) in [6.07, 6.45) is 11.8. The number of likely N-dealkylation sites (N-methyl/N-ethyl adjacent to an activating group) is 1. The molecule has 3 aromatic rings. The predicted octanol–water partition coefficient (Wildman–Crippen LogP) is 3.34. The van der Waals surface area contributed by atoms with Crippen molar-refractivity contribution in [3.8, 4) is 5.69 Å². The molecule has 2 aromatic heterocycles. The zero-order chi connectivity index (χ0) is 21.6. The smallest absolute Gasteiger partial charge is 0.320 e. The van der Waals surface area contributed by atoms with E-state index in [1.165, 1.54) is 36.9 Å². The van der Waals surface area contributed by atoms with E-state index in [1.54, 1.807) is 0 Å². The van der Waals surface area contributed by atoms with E-state index >= 15 is 0 Å². The number of benzene rings is 1. The van der Waals surface area contributed by atoms with Crippen molar-refractivity contribution in [3.63, 3.8) is 0 Å². The summed E-state index contributed by atoms with van der Waals surface area (Å²) in [7, 11) is 1.98. The fourth-order valence-electron chi connectivity index (χ4n) is 5.79. The Kier molecular flexibility index (Phi) is 3.76. The largest absolute Gasteiger partial charge is 0.369 e. The lowest BCUT2D eigenvalue weighted by atomic mass is 9.97. The van der Waals surface area contributed by atoms with Gasteiger partial charge in [0.05, 0.1) is 42.2 Å². The van der Waals surface area contributed by atoms with Crippen LogP contribution in [0.5, 0.6) is 0 Å². The fourth-order valence-corrected chi connectivity index (χ4v) is 5.79. The number of aromatic nitrogens is 4. The van der Waals surface area contributed by atoms with Crippen molar-refractivity contribution in [2.24, 2.45) is 0 Å². The van der Waals surface area contributed by atoms with Gasteiger partial charge >= 0.3 is 6.03 Å². The molecule has 0 N–H and O–H groups in total. The van der Waals surface area contributed by atoms with E-state index < -0.39 is 0 Å². The second-order valence-corrected chi connectivity index (χ2v) is 10.1. The molecule has 7 rings (SSSR count). The van der Waals surface area contributed by atoms with E-state index in [-0.39, 0.29) is 12.1 Å². The number of nitrogens with zero attached hydrogens (tertiary/aromatic N) is 7. The van der Waals surface area contributed by atoms with Gasteiger partial charge in [0.15, 0.2) is 0 Å². The van der Waals surface area contributed by atoms with Crippen molar-refractivity contribution in [2.45, 2.75) is 63.2 Å². The maximum absolute atomic E-state index is 12.9. The molecule has 4 fully saturated rings. The first-order valence-corrected chi connectivity index (χ1v) is 11.9. The first-order valence-electron chi connectivity index (χ1n) is 11.9. The Morgan fingerprint density at radius 3 is 2.56 bits per heavy atom. The molecule has 2 saturated carbocycles. The number of amides is 2. The molecule has 32 heavy (non-hydrogen) atoms. The summed E-state index contributed by atoms with van der Waals surface area (Å²) in [5.74, 6) is 0. The highest BCUT2D eigenvalue weighted by Gasteiger charge is 2.51. The van der Waals surface area contributed by atoms with Crippen molar-refractivity contribution in [1.29, 1.82) is 0 Å². The van der Waals surface area contributed by atoms with Crippen LogP contribution in [0.4, 0.5) is 10.5 Å². The molecule has 2 unspecified atom stereocenters. The van der Waals surface area contributed by atoms with E-state index in [1.807, 2.05) is 29.0 Å². The normalized spacial score (nSPS) is 25.8. The van der Waals surface area contributed by atoms with Crippen molar-refractivity contribution >= 4 is 22.6 Å². The SMILES string of the molecule is Cc1cc2cnn(-c3cnn(C4CC4)c3)c2cc1N1CCC2C(C1)N(C)C(=O)N2C1CC1. The van der Waals surface area contributed by atoms with E-state index in [0.717, 1.165) is 36.1 Å². The number of carbonyl (C=O) groups is 1. The molecule has 4 heterocycles. The average Bonchev–Trinajstić information content (AvgIpc) is 3.71. The highest BCUT2D eigenvalue weighted by Crippen LogP contribution is 2.40. The predicted molar refractivity (Wildman–Crippen MR) is 122 cm³/mol. The van der Waals surface area contributed by atoms with Crippen LogP contribution in [0.25, 0.3) is 16.6 Å². The molecule has 2 saturated heterocycles. The minimum atomic E-state index is 0.224. The van der Waals surface area contributed by atoms with Gasteiger partial charge in [0.1, 0.15) is 5.69 Å². The van der Waals surface area contributed by atoms with Crippen LogP contribution < -0.4 is 4.90 Å². The lowest BCUT2D eigenvalue weighted by Crippen LogP contribution is -2.52. The molecule has 4 aliphatic rings. The first kappa shape index (κ1) is 18.5. The summed E-state index contributed by atoms with van der Waals surface area (Å²) in [4.78, 5) is 19.5. The lowest BCUT2D eigenvalue weighted by Gasteiger charge is -2.40. The topological polar surface area (TPSA) is 62.4 Å². The monoisotopic (exact) mass is 431 g/mol. The van der Waals surface area contributed by atoms with Crippen molar-refractivity contribution in [1.82, 2.24) is 29.4 Å². The van der Waals surface area contributed by atoms with Gasteiger partial charge in [-0.15, -0.1) is 0 Å². The molecule has 0 bridgehead atoms. The van der Waals surface area contributed by atoms with E-state index in [9.17, 15) is 4.79 Å². The molecule has 0 spiro atoms. The minimum Gasteiger partial charge on any atom is -0.369 e. The highest BCUT2D eigenvalue weighted by molar-refractivity contribution is 5.86. The van der Waals surface area contributed by atoms with Crippen molar-refractivity contribution in [2.75, 3.05) is 25.0 Å². The Morgan fingerprint density at radius 1 is 0.969 bits per heavy atom. The van der Waals surface area contributed by atoms with Crippen LogP contribution in [0.2, 0.25) is 0 Å². The second kappa shape index (κ2) is 6.49. The molecule has 2 aliphatic carbocycles. The summed E-state index contributed by atoms with van der Waals surface area (Å²) in [5, 5.41) is 10.4. The summed E-state index contributed by atoms with van der Waals surface area (Å²) in [6.45, 7) is 4.05. The van der Waals surface area contributed by atoms with Crippen molar-refractivity contribution < 1.29 is 4.79 Å². The lowest BCUT2D eigenvalue weighted by molar-refractivity contribution is 0.186. The van der Waals surface area contributed by atoms with Crippen LogP contribution >= 0.6 is 0 Å². The third-order valence-corrected chi connectivity index (χ3v) is 7.84. The maximum Gasteiger partial charge on any atom is 0.320 e. The molecule has 1 aromatic carbocycles. The number of anilines is 1. The standard InChI is InChI=1S/C24H29N7O/c1-15-9-16-11-26-31(19-12-25-29(13-19)17-3-4-17)22(16)10-21(15)28-8-7-20-23(14-28)27(2)24(32)30(20)18-5-6-18/h9-13,17-18,20,23H,3-8,14H2,1-2H3. The Hall–Kier alpha value is -3.03. The highest BCUT2D eigenvalue weighted by atomic mass is 16.2. The molecule has 8 nitrogen and oxygen atoms in total. The second-order valence-electron chi connectivity index (χ2n) is 10.1. The zero-order valence-electron chi connectivity index (χ0n) is 18.7. The number of fused-ring (bicyclic) bond motifs is 2. The van der Waals surface area contributed by atoms with Crippen LogP contribution in [0.3, 0.4) is 0 Å². The van der Waals surface area contributed by atoms with E-state index in [0.29, 0.717) is 18.1 Å². The van der Waals surface area contributed by atoms with E-state index in [4.69, 9.17) is 0 Å². The fraction of sp³-hybridized carbons (Fsp3) is 0.542. The van der Waals surface area contributed by atoms with Crippen molar-refractivity contribution in [3.05, 3.63) is 36.3 Å². The van der Waals surface area contributed by atoms with Gasteiger partial charge in [-0.05, 0) is 56.7 Å². The van der Waals surface area contributed by atoms with Crippen LogP contribution in [-0.4, -0.2) is 73.7 Å². The van der Waals surface area contributed by atoms with Crippen LogP contribution in [0, 0.1) is 6.92 Å². The Bertz CT molecular complexity index is 1220. The maximum atomic E-state index is 12.9. The number of hydrogen-bond acceptors (Lipinski definition) is 4. The molecule has 0 radical (unpaired) electrons. The molecule has 2 aliphatic heterocycles. The summed E-state index contributed by atoms with van der Waals surface area (Å²) >= 11 is 0. The number of aryl methyl sites for hydroxylation is 1. The van der Waals surface area contributed by atoms with Gasteiger partial charge in [-0.25, -0.2) is 9.48 Å². The van der Waals surface area contributed by atoms with Gasteiger partial charge in [0, 0.05) is 37.3 Å². The molecule has 166 valence electrons. The molecular formula is C24H29N7O. The van der Waals surface area contributed by atoms with Crippen LogP contribution in [0.1, 0.15) is 43.7 Å². The van der Waals surface area contributed by atoms with Gasteiger partial charge in [-0.3, -0.25) is 4.68 Å². The molecule has 2 amide bonds. The minimum absolute atomic E-state index is 0.224. The number of urea groups is 1. The summed E-state index contributed by atoms with van der Waals surface area (Å²) < 4.78 is 4.08. The van der Waals surface area contributed by atoms with Gasteiger partial charge in [0.2, 0.25) is 0 Å². The average molecular weight is 432 g/mol. The van der Waals surface area contributed by atoms with E-state index in [2.05, 4.69) is 49.9 Å². The Labute approximate surface area is 187 Å². The number of hydrogen-bond donors (Lipinski definition) is 0. The Morgan fingerprint density at radius 2 is 1.78 bits per heavy atom. The number of rotatable bonds is 4. The zero-order valence-corrected chi connectivity index (χ0v) is 18.7. The summed E-state index contributed by atoms with van der Waals surface area (Å²) in [6, 6.07) is 6.41. The third-order valence-electron chi connectivity index (χ3n) is 7.84. The van der Waals surface area contributed by atoms with Crippen LogP contribution in [-0.2, 0) is 0 Å². The third kappa shape index (κ3) is 2.71. The summed E-state index contributed by atoms with van der Waals surface area (Å²) in [5.41, 5.74) is 4.63. The van der Waals surface area contributed by atoms with Gasteiger partial charge in [0.25, 0.3) is 0 Å².